The van der Waals surface area contributed by atoms with Gasteiger partial charge >= 0.3 is 7.12 Å². The molecule has 0 saturated carbocycles. The highest BCUT2D eigenvalue weighted by Crippen LogP contribution is 2.29. The predicted octanol–water partition coefficient (Wildman–Crippen LogP) is -0.0581. The zero-order valence-corrected chi connectivity index (χ0v) is 8.94. The molecule has 0 unspecified atom stereocenters. The Balaban J connectivity index is 2.52. The first kappa shape index (κ1) is 11.4. The van der Waals surface area contributed by atoms with E-state index in [9.17, 15) is 9.41 Å². The van der Waals surface area contributed by atoms with Gasteiger partial charge in [-0.1, -0.05) is 0 Å². The first-order chi connectivity index (χ1) is 7.69. The summed E-state index contributed by atoms with van der Waals surface area (Å²) in [6.45, 7) is 2.38. The lowest BCUT2D eigenvalue weighted by Gasteiger charge is -2.11. The number of hydrogen-bond acceptors (Lipinski definition) is 4. The van der Waals surface area contributed by atoms with Crippen molar-refractivity contribution in [2.75, 3.05) is 13.2 Å². The standard InChI is InChI=1S/C10H13BFNO3/c1-2-15-7-4-3-6(12)9-8(5-13)16-11(14)10(7)9/h3-4,8,14H,2,5,13H2,1H3/t8-/m1/s1. The summed E-state index contributed by atoms with van der Waals surface area (Å²) in [6, 6.07) is 2.79. The molecule has 1 heterocycles. The molecule has 3 N–H and O–H groups in total. The molecule has 1 aliphatic rings. The first-order valence-corrected chi connectivity index (χ1v) is 5.17. The molecule has 1 atom stereocenters. The smallest absolute Gasteiger partial charge is 0.494 e. The molecule has 16 heavy (non-hydrogen) atoms. The van der Waals surface area contributed by atoms with Crippen LogP contribution in [0.4, 0.5) is 4.39 Å². The lowest BCUT2D eigenvalue weighted by atomic mass is 9.78. The lowest BCUT2D eigenvalue weighted by molar-refractivity contribution is 0.194. The topological polar surface area (TPSA) is 64.7 Å². The molecule has 86 valence electrons. The third-order valence-corrected chi connectivity index (χ3v) is 2.57. The van der Waals surface area contributed by atoms with Gasteiger partial charge in [0.15, 0.2) is 0 Å². The number of rotatable bonds is 3. The van der Waals surface area contributed by atoms with Gasteiger partial charge in [0, 0.05) is 17.6 Å². The number of halogens is 1. The first-order valence-electron chi connectivity index (χ1n) is 5.17. The highest BCUT2D eigenvalue weighted by Gasteiger charge is 2.39. The van der Waals surface area contributed by atoms with Gasteiger partial charge in [-0.25, -0.2) is 4.39 Å². The number of fused-ring (bicyclic) bond motifs is 1. The van der Waals surface area contributed by atoms with Crippen molar-refractivity contribution < 1.29 is 18.8 Å². The Morgan fingerprint density at radius 2 is 2.38 bits per heavy atom. The molecular weight excluding hydrogens is 212 g/mol. The quantitative estimate of drug-likeness (QED) is 0.707. The van der Waals surface area contributed by atoms with E-state index in [0.29, 0.717) is 23.4 Å². The second-order valence-corrected chi connectivity index (χ2v) is 3.52. The summed E-state index contributed by atoms with van der Waals surface area (Å²) in [5.41, 5.74) is 6.13. The molecule has 1 aliphatic heterocycles. The van der Waals surface area contributed by atoms with Gasteiger partial charge in [-0.15, -0.1) is 0 Å². The van der Waals surface area contributed by atoms with Gasteiger partial charge in [0.2, 0.25) is 0 Å². The van der Waals surface area contributed by atoms with Crippen LogP contribution in [0.3, 0.4) is 0 Å². The Morgan fingerprint density at radius 3 is 3.00 bits per heavy atom. The van der Waals surface area contributed by atoms with Crippen LogP contribution in [0.15, 0.2) is 12.1 Å². The Bertz CT molecular complexity index is 402. The fourth-order valence-electron chi connectivity index (χ4n) is 1.92. The number of benzene rings is 1. The molecule has 0 aromatic heterocycles. The number of hydrogen-bond donors (Lipinski definition) is 2. The number of ether oxygens (including phenoxy) is 1. The molecule has 1 aromatic carbocycles. The van der Waals surface area contributed by atoms with E-state index in [1.807, 2.05) is 6.92 Å². The van der Waals surface area contributed by atoms with Crippen LogP contribution in [0, 0.1) is 5.82 Å². The molecule has 0 amide bonds. The molecule has 4 nitrogen and oxygen atoms in total. The van der Waals surface area contributed by atoms with Crippen molar-refractivity contribution in [3.05, 3.63) is 23.5 Å². The molecule has 0 saturated heterocycles. The molecule has 2 rings (SSSR count). The highest BCUT2D eigenvalue weighted by atomic mass is 19.1. The molecule has 6 heteroatoms. The average Bonchev–Trinajstić information content (AvgIpc) is 2.61. The lowest BCUT2D eigenvalue weighted by Crippen LogP contribution is -2.30. The Morgan fingerprint density at radius 1 is 1.62 bits per heavy atom. The van der Waals surface area contributed by atoms with Crippen LogP contribution >= 0.6 is 0 Å². The average molecular weight is 225 g/mol. The van der Waals surface area contributed by atoms with E-state index in [-0.39, 0.29) is 6.54 Å². The van der Waals surface area contributed by atoms with Crippen molar-refractivity contribution in [1.29, 1.82) is 0 Å². The number of nitrogens with two attached hydrogens (primary N) is 1. The zero-order valence-electron chi connectivity index (χ0n) is 8.94. The van der Waals surface area contributed by atoms with Crippen LogP contribution in [0.5, 0.6) is 5.75 Å². The van der Waals surface area contributed by atoms with Gasteiger partial charge in [-0.05, 0) is 19.1 Å². The largest absolute Gasteiger partial charge is 0.495 e. The molecule has 0 spiro atoms. The second kappa shape index (κ2) is 4.41. The SMILES string of the molecule is CCOc1ccc(F)c2c1B(O)O[C@@H]2CN. The Hall–Kier alpha value is -1.11. The van der Waals surface area contributed by atoms with Crippen LogP contribution in [0.25, 0.3) is 0 Å². The Kier molecular flexibility index (Phi) is 3.14. The summed E-state index contributed by atoms with van der Waals surface area (Å²) in [5, 5.41) is 9.69. The van der Waals surface area contributed by atoms with E-state index >= 15 is 0 Å². The van der Waals surface area contributed by atoms with E-state index in [0.717, 1.165) is 0 Å². The normalized spacial score (nSPS) is 18.8. The van der Waals surface area contributed by atoms with Crippen molar-refractivity contribution in [2.24, 2.45) is 5.73 Å². The van der Waals surface area contributed by atoms with E-state index in [1.165, 1.54) is 12.1 Å². The van der Waals surface area contributed by atoms with Gasteiger partial charge in [-0.2, -0.15) is 0 Å². The van der Waals surface area contributed by atoms with Gasteiger partial charge < -0.3 is 20.1 Å². The molecule has 0 radical (unpaired) electrons. The summed E-state index contributed by atoms with van der Waals surface area (Å²) in [7, 11) is -1.17. The second-order valence-electron chi connectivity index (χ2n) is 3.52. The van der Waals surface area contributed by atoms with Crippen molar-refractivity contribution in [2.45, 2.75) is 13.0 Å². The summed E-state index contributed by atoms with van der Waals surface area (Å²) >= 11 is 0. The molecule has 0 bridgehead atoms. The fourth-order valence-corrected chi connectivity index (χ4v) is 1.92. The van der Waals surface area contributed by atoms with E-state index in [2.05, 4.69) is 0 Å². The van der Waals surface area contributed by atoms with Crippen LogP contribution in [-0.4, -0.2) is 25.3 Å². The summed E-state index contributed by atoms with van der Waals surface area (Å²) in [6.07, 6.45) is -0.606. The maximum absolute atomic E-state index is 13.6. The van der Waals surface area contributed by atoms with Gasteiger partial charge in [-0.3, -0.25) is 0 Å². The maximum atomic E-state index is 13.6. The van der Waals surface area contributed by atoms with Gasteiger partial charge in [0.1, 0.15) is 11.6 Å². The van der Waals surface area contributed by atoms with Crippen molar-refractivity contribution >= 4 is 12.6 Å². The summed E-state index contributed by atoms with van der Waals surface area (Å²) in [5.74, 6) is 0.0211. The van der Waals surface area contributed by atoms with Crippen molar-refractivity contribution in [3.63, 3.8) is 0 Å². The van der Waals surface area contributed by atoms with E-state index < -0.39 is 19.0 Å². The highest BCUT2D eigenvalue weighted by molar-refractivity contribution is 6.62. The molecule has 0 fully saturated rings. The van der Waals surface area contributed by atoms with E-state index in [1.54, 1.807) is 0 Å². The maximum Gasteiger partial charge on any atom is 0.495 e. The van der Waals surface area contributed by atoms with Crippen LogP contribution in [-0.2, 0) is 4.65 Å². The van der Waals surface area contributed by atoms with Gasteiger partial charge in [0.05, 0.1) is 12.7 Å². The fraction of sp³-hybridized carbons (Fsp3) is 0.400. The van der Waals surface area contributed by atoms with Crippen molar-refractivity contribution in [1.82, 2.24) is 0 Å². The van der Waals surface area contributed by atoms with Gasteiger partial charge in [0.25, 0.3) is 0 Å². The summed E-state index contributed by atoms with van der Waals surface area (Å²) < 4.78 is 24.1. The molecule has 1 aromatic rings. The third-order valence-electron chi connectivity index (χ3n) is 2.57. The van der Waals surface area contributed by atoms with E-state index in [4.69, 9.17) is 15.1 Å². The minimum atomic E-state index is -1.17. The third kappa shape index (κ3) is 1.69. The molecular formula is C10H13BFNO3. The van der Waals surface area contributed by atoms with Crippen LogP contribution < -0.4 is 15.9 Å². The molecule has 0 aliphatic carbocycles. The minimum absolute atomic E-state index is 0.122. The Labute approximate surface area is 93.3 Å². The minimum Gasteiger partial charge on any atom is -0.494 e. The zero-order chi connectivity index (χ0) is 11.7. The van der Waals surface area contributed by atoms with Crippen LogP contribution in [0.1, 0.15) is 18.6 Å². The van der Waals surface area contributed by atoms with Crippen molar-refractivity contribution in [3.8, 4) is 5.75 Å². The predicted molar refractivity (Wildman–Crippen MR) is 58.1 cm³/mol. The van der Waals surface area contributed by atoms with Crippen LogP contribution in [0.2, 0.25) is 0 Å². The summed E-state index contributed by atoms with van der Waals surface area (Å²) in [4.78, 5) is 0. The monoisotopic (exact) mass is 225 g/mol.